The first-order valence-corrected chi connectivity index (χ1v) is 12.4. The van der Waals surface area contributed by atoms with Crippen molar-refractivity contribution in [1.82, 2.24) is 14.2 Å². The molecule has 1 fully saturated rings. The van der Waals surface area contributed by atoms with Crippen LogP contribution >= 0.6 is 0 Å². The summed E-state index contributed by atoms with van der Waals surface area (Å²) in [5, 5.41) is 1.19. The highest BCUT2D eigenvalue weighted by Gasteiger charge is 2.32. The number of hydrogen-bond acceptors (Lipinski definition) is 5. The van der Waals surface area contributed by atoms with Crippen molar-refractivity contribution in [3.63, 3.8) is 0 Å². The summed E-state index contributed by atoms with van der Waals surface area (Å²) in [6.45, 7) is 1.24. The van der Waals surface area contributed by atoms with Crippen LogP contribution in [0.5, 0.6) is 11.5 Å². The number of amides is 1. The van der Waals surface area contributed by atoms with E-state index in [4.69, 9.17) is 9.47 Å². The molecule has 0 unspecified atom stereocenters. The molecule has 0 spiro atoms. The largest absolute Gasteiger partial charge is 0.497 e. The van der Waals surface area contributed by atoms with Crippen LogP contribution in [0.2, 0.25) is 0 Å². The fourth-order valence-electron chi connectivity index (χ4n) is 4.23. The first-order valence-electron chi connectivity index (χ1n) is 11.0. The van der Waals surface area contributed by atoms with E-state index in [2.05, 4.69) is 11.1 Å². The van der Waals surface area contributed by atoms with Gasteiger partial charge in [0.05, 0.1) is 14.2 Å². The number of carbonyl (C=O) groups is 1. The third-order valence-corrected chi connectivity index (χ3v) is 8.01. The van der Waals surface area contributed by atoms with Crippen LogP contribution in [0.3, 0.4) is 0 Å². The number of carbonyl (C=O) groups excluding carboxylic acids is 1. The van der Waals surface area contributed by atoms with E-state index >= 15 is 0 Å². The number of H-pyrrole nitrogens is 1. The summed E-state index contributed by atoms with van der Waals surface area (Å²) >= 11 is 0. The Morgan fingerprint density at radius 3 is 2.52 bits per heavy atom. The molecule has 1 N–H and O–H groups in total. The second-order valence-electron chi connectivity index (χ2n) is 8.01. The Morgan fingerprint density at radius 1 is 1.03 bits per heavy atom. The number of aromatic amines is 1. The van der Waals surface area contributed by atoms with Gasteiger partial charge >= 0.3 is 0 Å². The molecule has 2 heterocycles. The van der Waals surface area contributed by atoms with Crippen LogP contribution in [-0.2, 0) is 21.2 Å². The lowest BCUT2D eigenvalue weighted by atomic mass is 10.1. The Bertz CT molecular complexity index is 1230. The zero-order valence-electron chi connectivity index (χ0n) is 18.9. The summed E-state index contributed by atoms with van der Waals surface area (Å²) in [7, 11) is -0.842. The molecule has 0 radical (unpaired) electrons. The highest BCUT2D eigenvalue weighted by atomic mass is 32.2. The summed E-state index contributed by atoms with van der Waals surface area (Å²) in [5.74, 6) is 0.774. The van der Waals surface area contributed by atoms with Crippen LogP contribution in [0.25, 0.3) is 10.9 Å². The molecule has 1 aromatic heterocycles. The predicted molar refractivity (Wildman–Crippen MR) is 126 cm³/mol. The zero-order chi connectivity index (χ0) is 23.4. The van der Waals surface area contributed by atoms with E-state index < -0.39 is 10.0 Å². The van der Waals surface area contributed by atoms with Crippen molar-refractivity contribution in [3.05, 3.63) is 54.2 Å². The monoisotopic (exact) mass is 471 g/mol. The van der Waals surface area contributed by atoms with Gasteiger partial charge in [0.15, 0.2) is 0 Å². The first kappa shape index (κ1) is 23.1. The van der Waals surface area contributed by atoms with E-state index in [0.29, 0.717) is 25.3 Å². The lowest BCUT2D eigenvalue weighted by molar-refractivity contribution is -0.132. The lowest BCUT2D eigenvalue weighted by Crippen LogP contribution is -2.50. The molecule has 176 valence electrons. The number of ether oxygens (including phenoxy) is 2. The minimum Gasteiger partial charge on any atom is -0.497 e. The van der Waals surface area contributed by atoms with Gasteiger partial charge in [-0.3, -0.25) is 4.79 Å². The van der Waals surface area contributed by atoms with Gasteiger partial charge in [0.1, 0.15) is 16.4 Å². The number of para-hydroxylation sites is 1. The number of benzene rings is 2. The van der Waals surface area contributed by atoms with Gasteiger partial charge in [0.2, 0.25) is 15.9 Å². The van der Waals surface area contributed by atoms with Gasteiger partial charge in [-0.05, 0) is 36.6 Å². The van der Waals surface area contributed by atoms with Crippen molar-refractivity contribution in [2.24, 2.45) is 0 Å². The van der Waals surface area contributed by atoms with Crippen molar-refractivity contribution in [3.8, 4) is 11.5 Å². The number of aryl methyl sites for hydroxylation is 1. The molecule has 9 heteroatoms. The van der Waals surface area contributed by atoms with Gasteiger partial charge in [0, 0.05) is 55.8 Å². The van der Waals surface area contributed by atoms with Crippen LogP contribution in [0.1, 0.15) is 18.4 Å². The standard InChI is InChI=1S/C24H29N3O5S/c1-31-19-10-11-22(32-2)23(16-19)33(29,30)27-14-12-26(13-15-27)24(28)9-5-6-18-17-25-21-8-4-3-7-20(18)21/h3-4,7-8,10-11,16-17,25H,5-6,9,12-15H2,1-2H3. The Hall–Kier alpha value is -3.04. The number of aromatic nitrogens is 1. The van der Waals surface area contributed by atoms with Crippen molar-refractivity contribution in [1.29, 1.82) is 0 Å². The van der Waals surface area contributed by atoms with Crippen molar-refractivity contribution in [2.45, 2.75) is 24.2 Å². The molecule has 0 atom stereocenters. The summed E-state index contributed by atoms with van der Waals surface area (Å²) in [5.41, 5.74) is 2.31. The summed E-state index contributed by atoms with van der Waals surface area (Å²) in [6, 6.07) is 12.8. The Labute approximate surface area is 194 Å². The summed E-state index contributed by atoms with van der Waals surface area (Å²) < 4.78 is 38.2. The number of piperazine rings is 1. The van der Waals surface area contributed by atoms with E-state index in [1.807, 2.05) is 24.4 Å². The van der Waals surface area contributed by atoms with Gasteiger partial charge in [-0.1, -0.05) is 18.2 Å². The van der Waals surface area contributed by atoms with Gasteiger partial charge in [0.25, 0.3) is 0 Å². The second kappa shape index (κ2) is 9.84. The quantitative estimate of drug-likeness (QED) is 0.545. The maximum absolute atomic E-state index is 13.2. The fourth-order valence-corrected chi connectivity index (χ4v) is 5.82. The van der Waals surface area contributed by atoms with Crippen LogP contribution in [-0.4, -0.2) is 68.9 Å². The van der Waals surface area contributed by atoms with Gasteiger partial charge in [-0.25, -0.2) is 8.42 Å². The molecule has 0 aliphatic carbocycles. The van der Waals surface area contributed by atoms with E-state index in [-0.39, 0.29) is 29.6 Å². The molecule has 0 bridgehead atoms. The molecule has 33 heavy (non-hydrogen) atoms. The summed E-state index contributed by atoms with van der Waals surface area (Å²) in [4.78, 5) is 17.8. The molecule has 3 aromatic rings. The smallest absolute Gasteiger partial charge is 0.247 e. The van der Waals surface area contributed by atoms with Gasteiger partial charge in [-0.2, -0.15) is 4.31 Å². The molecule has 1 amide bonds. The minimum atomic E-state index is -3.77. The van der Waals surface area contributed by atoms with Crippen LogP contribution in [0.15, 0.2) is 53.6 Å². The predicted octanol–water partition coefficient (Wildman–Crippen LogP) is 3.04. The molecule has 1 saturated heterocycles. The van der Waals surface area contributed by atoms with E-state index in [0.717, 1.165) is 18.4 Å². The third-order valence-electron chi connectivity index (χ3n) is 6.09. The average Bonchev–Trinajstić information content (AvgIpc) is 3.26. The van der Waals surface area contributed by atoms with Crippen LogP contribution in [0.4, 0.5) is 0 Å². The summed E-state index contributed by atoms with van der Waals surface area (Å²) in [6.07, 6.45) is 4.02. The van der Waals surface area contributed by atoms with Crippen molar-refractivity contribution < 1.29 is 22.7 Å². The average molecular weight is 472 g/mol. The van der Waals surface area contributed by atoms with Crippen molar-refractivity contribution >= 4 is 26.8 Å². The van der Waals surface area contributed by atoms with E-state index in [9.17, 15) is 13.2 Å². The molecule has 1 aliphatic heterocycles. The maximum Gasteiger partial charge on any atom is 0.247 e. The topological polar surface area (TPSA) is 91.9 Å². The SMILES string of the molecule is COc1ccc(OC)c(S(=O)(=O)N2CCN(C(=O)CCCc3c[nH]c4ccccc34)CC2)c1. The number of hydrogen-bond donors (Lipinski definition) is 1. The highest BCUT2D eigenvalue weighted by Crippen LogP contribution is 2.31. The Balaban J connectivity index is 1.33. The van der Waals surface area contributed by atoms with Gasteiger partial charge < -0.3 is 19.4 Å². The fraction of sp³-hybridized carbons (Fsp3) is 0.375. The molecule has 8 nitrogen and oxygen atoms in total. The highest BCUT2D eigenvalue weighted by molar-refractivity contribution is 7.89. The minimum absolute atomic E-state index is 0.0610. The third kappa shape index (κ3) is 4.84. The zero-order valence-corrected chi connectivity index (χ0v) is 19.7. The Kier molecular flexibility index (Phi) is 6.90. The molecular weight excluding hydrogens is 442 g/mol. The van der Waals surface area contributed by atoms with E-state index in [1.165, 1.54) is 35.5 Å². The molecule has 2 aromatic carbocycles. The number of fused-ring (bicyclic) bond motifs is 1. The number of nitrogens with one attached hydrogen (secondary N) is 1. The Morgan fingerprint density at radius 2 is 1.79 bits per heavy atom. The molecular formula is C24H29N3O5S. The number of methoxy groups -OCH3 is 2. The molecule has 1 aliphatic rings. The van der Waals surface area contributed by atoms with Gasteiger partial charge in [-0.15, -0.1) is 0 Å². The van der Waals surface area contributed by atoms with E-state index in [1.54, 1.807) is 17.0 Å². The van der Waals surface area contributed by atoms with Crippen LogP contribution < -0.4 is 9.47 Å². The van der Waals surface area contributed by atoms with Crippen molar-refractivity contribution in [2.75, 3.05) is 40.4 Å². The second-order valence-corrected chi connectivity index (χ2v) is 9.92. The first-order chi connectivity index (χ1) is 15.9. The number of nitrogens with zero attached hydrogens (tertiary/aromatic N) is 2. The molecule has 4 rings (SSSR count). The van der Waals surface area contributed by atoms with Crippen LogP contribution in [0, 0.1) is 0 Å². The maximum atomic E-state index is 13.2. The lowest BCUT2D eigenvalue weighted by Gasteiger charge is -2.34. The number of sulfonamides is 1. The number of rotatable bonds is 8. The molecule has 0 saturated carbocycles. The normalized spacial score (nSPS) is 15.0.